The molecule has 2 heterocycles. The smallest absolute Gasteiger partial charge is 0.341 e. The van der Waals surface area contributed by atoms with Gasteiger partial charge in [-0.1, -0.05) is 0 Å². The van der Waals surface area contributed by atoms with Crippen LogP contribution in [0.1, 0.15) is 34.7 Å². The van der Waals surface area contributed by atoms with E-state index in [1.807, 2.05) is 11.9 Å². The van der Waals surface area contributed by atoms with Crippen molar-refractivity contribution in [2.75, 3.05) is 33.9 Å². The van der Waals surface area contributed by atoms with Crippen LogP contribution in [-0.4, -0.2) is 56.7 Å². The van der Waals surface area contributed by atoms with E-state index in [0.717, 1.165) is 19.4 Å². The second-order valence-corrected chi connectivity index (χ2v) is 5.79. The average molecular weight is 324 g/mol. The summed E-state index contributed by atoms with van der Waals surface area (Å²) in [5.74, 6) is 0.661. The van der Waals surface area contributed by atoms with Gasteiger partial charge in [-0.25, -0.2) is 4.79 Å². The molecule has 1 aromatic rings. The van der Waals surface area contributed by atoms with Crippen LogP contribution >= 0.6 is 0 Å². The van der Waals surface area contributed by atoms with E-state index in [1.165, 1.54) is 7.11 Å². The summed E-state index contributed by atoms with van der Waals surface area (Å²) in [6.07, 6.45) is 2.19. The Bertz CT molecular complexity index is 549. The van der Waals surface area contributed by atoms with Crippen LogP contribution in [-0.2, 0) is 20.8 Å². The molecule has 2 rings (SSSR count). The van der Waals surface area contributed by atoms with Crippen molar-refractivity contribution in [2.24, 2.45) is 0 Å². The van der Waals surface area contributed by atoms with Crippen molar-refractivity contribution in [1.29, 1.82) is 0 Å². The maximum Gasteiger partial charge on any atom is 0.341 e. The second kappa shape index (κ2) is 8.12. The molecule has 7 heteroatoms. The first-order valence-corrected chi connectivity index (χ1v) is 7.74. The number of methoxy groups -OCH3 is 1. The van der Waals surface area contributed by atoms with Crippen molar-refractivity contribution < 1.29 is 23.5 Å². The lowest BCUT2D eigenvalue weighted by atomic mass is 10.2. The fourth-order valence-electron chi connectivity index (χ4n) is 2.59. The highest BCUT2D eigenvalue weighted by Crippen LogP contribution is 2.17. The number of furan rings is 1. The number of nitrogens with one attached hydrogen (secondary N) is 1. The number of ether oxygens (including phenoxy) is 2. The van der Waals surface area contributed by atoms with Crippen LogP contribution in [0.15, 0.2) is 10.5 Å². The Hall–Kier alpha value is -1.86. The molecule has 0 aromatic carbocycles. The number of likely N-dealkylation sites (N-methyl/N-ethyl adjacent to an activating group) is 1. The number of hydrogen-bond acceptors (Lipinski definition) is 6. The fraction of sp³-hybridized carbons (Fsp3) is 0.625. The van der Waals surface area contributed by atoms with Gasteiger partial charge < -0.3 is 19.2 Å². The first-order chi connectivity index (χ1) is 11.0. The van der Waals surface area contributed by atoms with Gasteiger partial charge in [0.25, 0.3) is 0 Å². The minimum Gasteiger partial charge on any atom is -0.465 e. The third kappa shape index (κ3) is 5.07. The predicted octanol–water partition coefficient (Wildman–Crippen LogP) is 1.10. The van der Waals surface area contributed by atoms with Crippen LogP contribution in [0.5, 0.6) is 0 Å². The van der Waals surface area contributed by atoms with Gasteiger partial charge in [-0.2, -0.15) is 0 Å². The van der Waals surface area contributed by atoms with Crippen LogP contribution in [0, 0.1) is 6.92 Å². The van der Waals surface area contributed by atoms with Gasteiger partial charge in [0, 0.05) is 13.2 Å². The Morgan fingerprint density at radius 3 is 2.91 bits per heavy atom. The molecule has 1 atom stereocenters. The molecule has 1 aliphatic heterocycles. The molecule has 1 saturated heterocycles. The van der Waals surface area contributed by atoms with Gasteiger partial charge in [-0.3, -0.25) is 9.69 Å². The molecule has 0 aliphatic carbocycles. The van der Waals surface area contributed by atoms with Crippen molar-refractivity contribution in [2.45, 2.75) is 32.4 Å². The van der Waals surface area contributed by atoms with Gasteiger partial charge >= 0.3 is 5.97 Å². The van der Waals surface area contributed by atoms with E-state index in [9.17, 15) is 9.59 Å². The highest BCUT2D eigenvalue weighted by molar-refractivity contribution is 5.90. The third-order valence-corrected chi connectivity index (χ3v) is 3.76. The lowest BCUT2D eigenvalue weighted by molar-refractivity contribution is -0.122. The Morgan fingerprint density at radius 1 is 1.48 bits per heavy atom. The molecule has 0 spiro atoms. The summed E-state index contributed by atoms with van der Waals surface area (Å²) in [5, 5.41) is 2.87. The molecule has 0 bridgehead atoms. The van der Waals surface area contributed by atoms with Crippen LogP contribution in [0.2, 0.25) is 0 Å². The number of esters is 1. The summed E-state index contributed by atoms with van der Waals surface area (Å²) in [6, 6.07) is 1.65. The predicted molar refractivity (Wildman–Crippen MR) is 83.1 cm³/mol. The fourth-order valence-corrected chi connectivity index (χ4v) is 2.59. The molecular weight excluding hydrogens is 300 g/mol. The largest absolute Gasteiger partial charge is 0.465 e. The molecule has 1 aromatic heterocycles. The maximum absolute atomic E-state index is 11.9. The summed E-state index contributed by atoms with van der Waals surface area (Å²) in [4.78, 5) is 25.3. The Morgan fingerprint density at radius 2 is 2.26 bits per heavy atom. The lowest BCUT2D eigenvalue weighted by Gasteiger charge is -2.16. The molecule has 23 heavy (non-hydrogen) atoms. The van der Waals surface area contributed by atoms with E-state index in [0.29, 0.717) is 30.2 Å². The topological polar surface area (TPSA) is 81.0 Å². The molecule has 0 saturated carbocycles. The SMILES string of the molecule is COC(=O)c1cc(CN(C)CC(=O)NCC2CCCO2)oc1C. The summed E-state index contributed by atoms with van der Waals surface area (Å²) in [7, 11) is 3.15. The van der Waals surface area contributed by atoms with E-state index < -0.39 is 5.97 Å². The highest BCUT2D eigenvalue weighted by atomic mass is 16.5. The summed E-state index contributed by atoms with van der Waals surface area (Å²) >= 11 is 0. The molecule has 128 valence electrons. The second-order valence-electron chi connectivity index (χ2n) is 5.79. The Labute approximate surface area is 135 Å². The van der Waals surface area contributed by atoms with Gasteiger partial charge in [0.2, 0.25) is 5.91 Å². The van der Waals surface area contributed by atoms with E-state index in [1.54, 1.807) is 13.0 Å². The maximum atomic E-state index is 11.9. The first-order valence-electron chi connectivity index (χ1n) is 7.74. The van der Waals surface area contributed by atoms with Crippen molar-refractivity contribution in [1.82, 2.24) is 10.2 Å². The number of aryl methyl sites for hydroxylation is 1. The van der Waals surface area contributed by atoms with Crippen molar-refractivity contribution in [3.8, 4) is 0 Å². The quantitative estimate of drug-likeness (QED) is 0.757. The van der Waals surface area contributed by atoms with Gasteiger partial charge in [0.05, 0.1) is 26.3 Å². The van der Waals surface area contributed by atoms with Crippen molar-refractivity contribution in [3.63, 3.8) is 0 Å². The van der Waals surface area contributed by atoms with Crippen molar-refractivity contribution >= 4 is 11.9 Å². The number of hydrogen-bond donors (Lipinski definition) is 1. The monoisotopic (exact) mass is 324 g/mol. The Balaban J connectivity index is 1.78. The number of amides is 1. The third-order valence-electron chi connectivity index (χ3n) is 3.76. The summed E-state index contributed by atoms with van der Waals surface area (Å²) in [6.45, 7) is 3.73. The summed E-state index contributed by atoms with van der Waals surface area (Å²) < 4.78 is 15.7. The van der Waals surface area contributed by atoms with Gasteiger partial charge in [0.1, 0.15) is 17.1 Å². The van der Waals surface area contributed by atoms with E-state index in [4.69, 9.17) is 13.9 Å². The minimum absolute atomic E-state index is 0.0560. The standard InChI is InChI=1S/C16H24N2O5/c1-11-14(16(20)21-3)7-13(23-11)9-18(2)10-15(19)17-8-12-5-4-6-22-12/h7,12H,4-6,8-10H2,1-3H3,(H,17,19). The highest BCUT2D eigenvalue weighted by Gasteiger charge is 2.18. The first kappa shape index (κ1) is 17.5. The van der Waals surface area contributed by atoms with Gasteiger partial charge in [-0.15, -0.1) is 0 Å². The molecule has 1 aliphatic rings. The molecule has 1 unspecified atom stereocenters. The van der Waals surface area contributed by atoms with Crippen LogP contribution in [0.4, 0.5) is 0 Å². The van der Waals surface area contributed by atoms with E-state index in [2.05, 4.69) is 5.32 Å². The zero-order valence-corrected chi connectivity index (χ0v) is 13.9. The van der Waals surface area contributed by atoms with E-state index in [-0.39, 0.29) is 18.6 Å². The number of carbonyl (C=O) groups is 2. The van der Waals surface area contributed by atoms with Crippen LogP contribution in [0.25, 0.3) is 0 Å². The molecular formula is C16H24N2O5. The molecule has 1 fully saturated rings. The summed E-state index contributed by atoms with van der Waals surface area (Å²) in [5.41, 5.74) is 0.415. The molecule has 1 amide bonds. The zero-order valence-electron chi connectivity index (χ0n) is 13.9. The molecule has 7 nitrogen and oxygen atoms in total. The number of rotatable bonds is 7. The van der Waals surface area contributed by atoms with Crippen molar-refractivity contribution in [3.05, 3.63) is 23.2 Å². The lowest BCUT2D eigenvalue weighted by Crippen LogP contribution is -2.38. The van der Waals surface area contributed by atoms with Crippen LogP contribution < -0.4 is 5.32 Å². The number of nitrogens with zero attached hydrogens (tertiary/aromatic N) is 1. The molecule has 0 radical (unpaired) electrons. The normalized spacial score (nSPS) is 17.5. The molecule has 1 N–H and O–H groups in total. The number of carbonyl (C=O) groups excluding carboxylic acids is 2. The van der Waals surface area contributed by atoms with E-state index >= 15 is 0 Å². The van der Waals surface area contributed by atoms with Crippen LogP contribution in [0.3, 0.4) is 0 Å². The van der Waals surface area contributed by atoms with Gasteiger partial charge in [-0.05, 0) is 32.9 Å². The Kier molecular flexibility index (Phi) is 6.18. The average Bonchev–Trinajstić information content (AvgIpc) is 3.14. The minimum atomic E-state index is -0.422. The zero-order chi connectivity index (χ0) is 16.8. The van der Waals surface area contributed by atoms with Gasteiger partial charge in [0.15, 0.2) is 0 Å².